The van der Waals surface area contributed by atoms with Gasteiger partial charge in [-0.15, -0.1) is 0 Å². The van der Waals surface area contributed by atoms with Crippen LogP contribution in [0.1, 0.15) is 33.1 Å². The summed E-state index contributed by atoms with van der Waals surface area (Å²) < 4.78 is 1.47. The molecule has 0 saturated carbocycles. The maximum atomic E-state index is 13.9. The number of aryl methyl sites for hydroxylation is 2. The fraction of sp³-hybridized carbons (Fsp3) is 0.125. The monoisotopic (exact) mass is 531 g/mol. The van der Waals surface area contributed by atoms with Gasteiger partial charge in [-0.1, -0.05) is 72.8 Å². The molecule has 0 fully saturated rings. The number of hydrogen-bond donors (Lipinski definition) is 3. The molecule has 0 bridgehead atoms. The lowest BCUT2D eigenvalue weighted by molar-refractivity contribution is -0.118. The molecule has 40 heavy (non-hydrogen) atoms. The standard InChI is InChI=1S/C32H29N5O3/c1-21-19-28(38)33-20-26(21)22-13-15-25(16-14-22)35-32(40)30(36-31(39)27-17-18-34-37(27)2)29(23-9-5-3-6-10-23)24-11-7-4-8-12-24/h3-20,29-30H,1-2H3,(H,33,38)(H,35,40)(H,36,39)/t30-/m0/s1. The van der Waals surface area contributed by atoms with Crippen LogP contribution in [0.15, 0.2) is 114 Å². The lowest BCUT2D eigenvalue weighted by Crippen LogP contribution is -2.48. The molecule has 1 atom stereocenters. The molecule has 8 nitrogen and oxygen atoms in total. The van der Waals surface area contributed by atoms with Gasteiger partial charge in [0.15, 0.2) is 0 Å². The molecule has 200 valence electrons. The van der Waals surface area contributed by atoms with Gasteiger partial charge in [0.05, 0.1) is 0 Å². The van der Waals surface area contributed by atoms with Gasteiger partial charge in [0.25, 0.3) is 5.91 Å². The Morgan fingerprint density at radius 3 is 2.05 bits per heavy atom. The predicted molar refractivity (Wildman–Crippen MR) is 155 cm³/mol. The van der Waals surface area contributed by atoms with Crippen molar-refractivity contribution in [3.63, 3.8) is 0 Å². The van der Waals surface area contributed by atoms with Crippen LogP contribution in [-0.4, -0.2) is 32.6 Å². The van der Waals surface area contributed by atoms with Gasteiger partial charge in [-0.05, 0) is 47.4 Å². The minimum absolute atomic E-state index is 0.157. The van der Waals surface area contributed by atoms with Crippen LogP contribution in [0.25, 0.3) is 11.1 Å². The zero-order chi connectivity index (χ0) is 28.1. The summed E-state index contributed by atoms with van der Waals surface area (Å²) in [7, 11) is 1.68. The molecule has 5 rings (SSSR count). The molecule has 0 aliphatic heterocycles. The van der Waals surface area contributed by atoms with E-state index in [1.165, 1.54) is 4.68 Å². The second-order valence-corrected chi connectivity index (χ2v) is 9.55. The summed E-state index contributed by atoms with van der Waals surface area (Å²) in [6.45, 7) is 1.88. The molecular weight excluding hydrogens is 502 g/mol. The first-order valence-electron chi connectivity index (χ1n) is 12.9. The molecule has 3 N–H and O–H groups in total. The Morgan fingerprint density at radius 2 is 1.50 bits per heavy atom. The summed E-state index contributed by atoms with van der Waals surface area (Å²) in [5.74, 6) is -1.22. The number of amides is 2. The Hall–Kier alpha value is -5.24. The van der Waals surface area contributed by atoms with Crippen molar-refractivity contribution in [3.8, 4) is 11.1 Å². The summed E-state index contributed by atoms with van der Waals surface area (Å²) in [6.07, 6.45) is 3.22. The molecule has 0 unspecified atom stereocenters. The van der Waals surface area contributed by atoms with E-state index in [9.17, 15) is 14.4 Å². The SMILES string of the molecule is Cc1cc(=O)[nH]cc1-c1ccc(NC(=O)[C@@H](NC(=O)c2ccnn2C)C(c2ccccc2)c2ccccc2)cc1. The van der Waals surface area contributed by atoms with Crippen molar-refractivity contribution in [1.29, 1.82) is 0 Å². The zero-order valence-electron chi connectivity index (χ0n) is 22.2. The van der Waals surface area contributed by atoms with Crippen LogP contribution in [0.2, 0.25) is 0 Å². The van der Waals surface area contributed by atoms with Gasteiger partial charge in [0.1, 0.15) is 11.7 Å². The van der Waals surface area contributed by atoms with Crippen molar-refractivity contribution in [1.82, 2.24) is 20.1 Å². The number of aromatic nitrogens is 3. The molecule has 5 aromatic rings. The fourth-order valence-corrected chi connectivity index (χ4v) is 4.85. The first-order valence-corrected chi connectivity index (χ1v) is 12.9. The van der Waals surface area contributed by atoms with Gasteiger partial charge in [-0.2, -0.15) is 5.10 Å². The average Bonchev–Trinajstić information content (AvgIpc) is 3.40. The highest BCUT2D eigenvalue weighted by Crippen LogP contribution is 2.30. The Bertz CT molecular complexity index is 1640. The first-order chi connectivity index (χ1) is 19.4. The van der Waals surface area contributed by atoms with Gasteiger partial charge in [0.2, 0.25) is 11.5 Å². The number of benzene rings is 3. The van der Waals surface area contributed by atoms with Crippen LogP contribution < -0.4 is 16.2 Å². The van der Waals surface area contributed by atoms with E-state index in [0.717, 1.165) is 27.8 Å². The van der Waals surface area contributed by atoms with Crippen molar-refractivity contribution < 1.29 is 9.59 Å². The summed E-state index contributed by atoms with van der Waals surface area (Å²) >= 11 is 0. The number of nitrogens with zero attached hydrogens (tertiary/aromatic N) is 2. The minimum Gasteiger partial charge on any atom is -0.338 e. The average molecular weight is 532 g/mol. The number of H-pyrrole nitrogens is 1. The molecule has 2 heterocycles. The van der Waals surface area contributed by atoms with E-state index in [4.69, 9.17) is 0 Å². The fourth-order valence-electron chi connectivity index (χ4n) is 4.85. The smallest absolute Gasteiger partial charge is 0.270 e. The summed E-state index contributed by atoms with van der Waals surface area (Å²) in [5, 5.41) is 10.1. The molecule has 2 aromatic heterocycles. The largest absolute Gasteiger partial charge is 0.338 e. The van der Waals surface area contributed by atoms with E-state index in [0.29, 0.717) is 11.4 Å². The number of anilines is 1. The summed E-state index contributed by atoms with van der Waals surface area (Å²) in [6, 6.07) is 28.9. The van der Waals surface area contributed by atoms with Gasteiger partial charge >= 0.3 is 0 Å². The van der Waals surface area contributed by atoms with E-state index in [1.54, 1.807) is 43.7 Å². The third-order valence-electron chi connectivity index (χ3n) is 6.87. The second kappa shape index (κ2) is 11.7. The van der Waals surface area contributed by atoms with E-state index in [2.05, 4.69) is 20.7 Å². The number of hydrogen-bond acceptors (Lipinski definition) is 4. The van der Waals surface area contributed by atoms with Crippen molar-refractivity contribution >= 4 is 17.5 Å². The van der Waals surface area contributed by atoms with Gasteiger partial charge < -0.3 is 15.6 Å². The van der Waals surface area contributed by atoms with Gasteiger partial charge in [-0.25, -0.2) is 0 Å². The Kier molecular flexibility index (Phi) is 7.68. The Morgan fingerprint density at radius 1 is 0.875 bits per heavy atom. The number of rotatable bonds is 8. The second-order valence-electron chi connectivity index (χ2n) is 9.55. The number of nitrogens with one attached hydrogen (secondary N) is 3. The van der Waals surface area contributed by atoms with E-state index in [1.807, 2.05) is 79.7 Å². The van der Waals surface area contributed by atoms with Crippen LogP contribution in [0.4, 0.5) is 5.69 Å². The van der Waals surface area contributed by atoms with Crippen LogP contribution in [-0.2, 0) is 11.8 Å². The number of aromatic amines is 1. The molecule has 0 radical (unpaired) electrons. The van der Waals surface area contributed by atoms with Crippen LogP contribution >= 0.6 is 0 Å². The summed E-state index contributed by atoms with van der Waals surface area (Å²) in [5.41, 5.74) is 5.20. The number of carbonyl (C=O) groups excluding carboxylic acids is 2. The van der Waals surface area contributed by atoms with E-state index in [-0.39, 0.29) is 11.5 Å². The molecule has 0 aliphatic carbocycles. The normalized spacial score (nSPS) is 11.7. The molecular formula is C32H29N5O3. The number of pyridine rings is 1. The molecule has 0 saturated heterocycles. The third-order valence-corrected chi connectivity index (χ3v) is 6.87. The molecule has 0 spiro atoms. The molecule has 3 aromatic carbocycles. The van der Waals surface area contributed by atoms with E-state index < -0.39 is 17.9 Å². The third kappa shape index (κ3) is 5.76. The highest BCUT2D eigenvalue weighted by molar-refractivity contribution is 6.01. The first kappa shape index (κ1) is 26.4. The topological polar surface area (TPSA) is 109 Å². The maximum absolute atomic E-state index is 13.9. The van der Waals surface area contributed by atoms with Crippen LogP contribution in [0.3, 0.4) is 0 Å². The van der Waals surface area contributed by atoms with Crippen LogP contribution in [0.5, 0.6) is 0 Å². The highest BCUT2D eigenvalue weighted by Gasteiger charge is 2.33. The zero-order valence-corrected chi connectivity index (χ0v) is 22.2. The lowest BCUT2D eigenvalue weighted by atomic mass is 9.84. The van der Waals surface area contributed by atoms with Crippen molar-refractivity contribution in [2.24, 2.45) is 7.05 Å². The van der Waals surface area contributed by atoms with Gasteiger partial charge in [-0.3, -0.25) is 19.1 Å². The quantitative estimate of drug-likeness (QED) is 0.271. The number of carbonyl (C=O) groups is 2. The molecule has 2 amide bonds. The molecule has 0 aliphatic rings. The minimum atomic E-state index is -0.937. The highest BCUT2D eigenvalue weighted by atomic mass is 16.2. The van der Waals surface area contributed by atoms with E-state index >= 15 is 0 Å². The molecule has 8 heteroatoms. The van der Waals surface area contributed by atoms with Crippen molar-refractivity contribution in [2.45, 2.75) is 18.9 Å². The maximum Gasteiger partial charge on any atom is 0.270 e. The van der Waals surface area contributed by atoms with Gasteiger partial charge in [0, 0.05) is 42.7 Å². The van der Waals surface area contributed by atoms with Crippen LogP contribution in [0, 0.1) is 6.92 Å². The van der Waals surface area contributed by atoms with Crippen molar-refractivity contribution in [2.75, 3.05) is 5.32 Å². The summed E-state index contributed by atoms with van der Waals surface area (Å²) in [4.78, 5) is 41.6. The Balaban J connectivity index is 1.48. The Labute approximate surface area is 231 Å². The lowest BCUT2D eigenvalue weighted by Gasteiger charge is -2.28. The predicted octanol–water partition coefficient (Wildman–Crippen LogP) is 4.65. The van der Waals surface area contributed by atoms with Crippen molar-refractivity contribution in [3.05, 3.63) is 142 Å².